The Balaban J connectivity index is 2.96. The number of likely N-dealkylation sites (tertiary alicyclic amines) is 1. The number of rotatable bonds is 13. The molecule has 0 aromatic carbocycles. The molecule has 1 saturated heterocycles. The molecule has 1 aliphatic rings. The smallest absolute Gasteiger partial charge is 0.326 e. The van der Waals surface area contributed by atoms with Gasteiger partial charge in [0.15, 0.2) is 0 Å². The van der Waals surface area contributed by atoms with Gasteiger partial charge in [0.2, 0.25) is 23.6 Å². The van der Waals surface area contributed by atoms with Crippen molar-refractivity contribution in [3.8, 4) is 0 Å². The third-order valence-corrected chi connectivity index (χ3v) is 5.18. The van der Waals surface area contributed by atoms with Crippen LogP contribution in [0.5, 0.6) is 0 Å². The minimum atomic E-state index is -1.55. The van der Waals surface area contributed by atoms with Gasteiger partial charge >= 0.3 is 11.9 Å². The first-order valence-electron chi connectivity index (χ1n) is 10.4. The topological polar surface area (TPSA) is 242 Å². The standard InChI is InChI=1S/C19H31N5O9/c1-9(25)15(23-16(29)10(20)4-6-13(21)26)17(30)22-11(5-7-14(27)28)18(31)24-8-2-3-12(24)19(32)33/h9-12,15,25H,2-8,20H2,1H3,(H2,21,26)(H,22,30)(H,23,29)(H,27,28)(H,32,33). The summed E-state index contributed by atoms with van der Waals surface area (Å²) in [7, 11) is 0. The first-order chi connectivity index (χ1) is 15.3. The van der Waals surface area contributed by atoms with Crippen molar-refractivity contribution in [2.45, 2.75) is 75.7 Å². The predicted molar refractivity (Wildman–Crippen MR) is 111 cm³/mol. The molecule has 0 saturated carbocycles. The summed E-state index contributed by atoms with van der Waals surface area (Å²) >= 11 is 0. The summed E-state index contributed by atoms with van der Waals surface area (Å²) < 4.78 is 0. The van der Waals surface area contributed by atoms with Gasteiger partial charge in [0, 0.05) is 19.4 Å². The number of carbonyl (C=O) groups is 6. The molecule has 1 fully saturated rings. The highest BCUT2D eigenvalue weighted by Gasteiger charge is 2.39. The van der Waals surface area contributed by atoms with E-state index in [-0.39, 0.29) is 32.2 Å². The van der Waals surface area contributed by atoms with Crippen molar-refractivity contribution in [3.63, 3.8) is 0 Å². The molecule has 5 atom stereocenters. The summed E-state index contributed by atoms with van der Waals surface area (Å²) in [6.07, 6.45) is -1.87. The number of primary amides is 1. The number of hydrogen-bond acceptors (Lipinski definition) is 8. The maximum atomic E-state index is 12.9. The minimum Gasteiger partial charge on any atom is -0.481 e. The maximum absolute atomic E-state index is 12.9. The van der Waals surface area contributed by atoms with E-state index in [1.807, 2.05) is 0 Å². The molecule has 0 radical (unpaired) electrons. The number of aliphatic carboxylic acids is 2. The summed E-state index contributed by atoms with van der Waals surface area (Å²) in [6, 6.07) is -5.24. The average molecular weight is 473 g/mol. The summed E-state index contributed by atoms with van der Waals surface area (Å²) in [5.41, 5.74) is 10.7. The molecule has 1 heterocycles. The zero-order valence-electron chi connectivity index (χ0n) is 18.2. The second-order valence-corrected chi connectivity index (χ2v) is 7.86. The Morgan fingerprint density at radius 2 is 1.67 bits per heavy atom. The van der Waals surface area contributed by atoms with E-state index in [2.05, 4.69) is 10.6 Å². The van der Waals surface area contributed by atoms with Crippen LogP contribution in [0.3, 0.4) is 0 Å². The number of aliphatic hydroxyl groups excluding tert-OH is 1. The van der Waals surface area contributed by atoms with E-state index in [9.17, 15) is 39.0 Å². The third kappa shape index (κ3) is 8.65. The van der Waals surface area contributed by atoms with E-state index >= 15 is 0 Å². The van der Waals surface area contributed by atoms with Crippen molar-refractivity contribution < 1.29 is 44.1 Å². The lowest BCUT2D eigenvalue weighted by molar-refractivity contribution is -0.150. The largest absolute Gasteiger partial charge is 0.481 e. The predicted octanol–water partition coefficient (Wildman–Crippen LogP) is -3.13. The Labute approximate surface area is 189 Å². The summed E-state index contributed by atoms with van der Waals surface area (Å²) in [4.78, 5) is 72.2. The fourth-order valence-corrected chi connectivity index (χ4v) is 3.37. The van der Waals surface area contributed by atoms with Crippen LogP contribution in [0.1, 0.15) is 45.4 Å². The molecular formula is C19H31N5O9. The van der Waals surface area contributed by atoms with E-state index in [1.54, 1.807) is 0 Å². The van der Waals surface area contributed by atoms with Crippen LogP contribution in [-0.2, 0) is 28.8 Å². The molecule has 0 aliphatic carbocycles. The van der Waals surface area contributed by atoms with Crippen LogP contribution in [0.4, 0.5) is 0 Å². The molecule has 5 unspecified atom stereocenters. The monoisotopic (exact) mass is 473 g/mol. The van der Waals surface area contributed by atoms with Crippen molar-refractivity contribution in [2.24, 2.45) is 11.5 Å². The molecule has 9 N–H and O–H groups in total. The number of amides is 4. The van der Waals surface area contributed by atoms with Crippen molar-refractivity contribution in [2.75, 3.05) is 6.54 Å². The van der Waals surface area contributed by atoms with Crippen LogP contribution in [0.25, 0.3) is 0 Å². The Bertz CT molecular complexity index is 773. The number of carboxylic acids is 2. The van der Waals surface area contributed by atoms with Gasteiger partial charge in [-0.05, 0) is 32.6 Å². The highest BCUT2D eigenvalue weighted by molar-refractivity contribution is 5.94. The van der Waals surface area contributed by atoms with Crippen molar-refractivity contribution >= 4 is 35.6 Å². The molecule has 0 aromatic heterocycles. The van der Waals surface area contributed by atoms with Crippen LogP contribution in [0.2, 0.25) is 0 Å². The van der Waals surface area contributed by atoms with Gasteiger partial charge in [-0.25, -0.2) is 4.79 Å². The van der Waals surface area contributed by atoms with Crippen LogP contribution < -0.4 is 22.1 Å². The van der Waals surface area contributed by atoms with Gasteiger partial charge in [-0.2, -0.15) is 0 Å². The number of nitrogens with two attached hydrogens (primary N) is 2. The Kier molecular flexibility index (Phi) is 10.7. The lowest BCUT2D eigenvalue weighted by Gasteiger charge is -2.29. The molecule has 14 nitrogen and oxygen atoms in total. The molecule has 0 bridgehead atoms. The molecule has 14 heteroatoms. The molecule has 0 aromatic rings. The number of carboxylic acid groups (broad SMARTS) is 2. The van der Waals surface area contributed by atoms with E-state index in [4.69, 9.17) is 16.6 Å². The lowest BCUT2D eigenvalue weighted by atomic mass is 10.1. The summed E-state index contributed by atoms with van der Waals surface area (Å²) in [5, 5.41) is 32.8. The number of aliphatic hydroxyl groups is 1. The van der Waals surface area contributed by atoms with Crippen molar-refractivity contribution in [1.29, 1.82) is 0 Å². The number of nitrogens with one attached hydrogen (secondary N) is 2. The van der Waals surface area contributed by atoms with Gasteiger partial charge < -0.3 is 42.3 Å². The molecule has 1 aliphatic heterocycles. The SMILES string of the molecule is CC(O)C(NC(=O)C(N)CCC(N)=O)C(=O)NC(CCC(=O)O)C(=O)N1CCCC1C(=O)O. The van der Waals surface area contributed by atoms with Gasteiger partial charge in [0.05, 0.1) is 12.1 Å². The van der Waals surface area contributed by atoms with Gasteiger partial charge in [-0.1, -0.05) is 0 Å². The van der Waals surface area contributed by atoms with E-state index in [0.717, 1.165) is 4.90 Å². The molecule has 0 spiro atoms. The van der Waals surface area contributed by atoms with Crippen LogP contribution >= 0.6 is 0 Å². The molecule has 186 valence electrons. The third-order valence-electron chi connectivity index (χ3n) is 5.18. The number of nitrogens with zero attached hydrogens (tertiary/aromatic N) is 1. The quantitative estimate of drug-likeness (QED) is 0.142. The van der Waals surface area contributed by atoms with Gasteiger partial charge in [0.1, 0.15) is 18.1 Å². The van der Waals surface area contributed by atoms with E-state index < -0.39 is 72.3 Å². The van der Waals surface area contributed by atoms with Gasteiger partial charge in [-0.3, -0.25) is 24.0 Å². The zero-order valence-corrected chi connectivity index (χ0v) is 18.2. The molecule has 4 amide bonds. The summed E-state index contributed by atoms with van der Waals surface area (Å²) in [5.74, 6) is -5.75. The highest BCUT2D eigenvalue weighted by Crippen LogP contribution is 2.19. The minimum absolute atomic E-state index is 0.0967. The van der Waals surface area contributed by atoms with Crippen LogP contribution in [0.15, 0.2) is 0 Å². The first-order valence-corrected chi connectivity index (χ1v) is 10.4. The number of carbonyl (C=O) groups excluding carboxylic acids is 4. The Morgan fingerprint density at radius 1 is 1.03 bits per heavy atom. The average Bonchev–Trinajstić information content (AvgIpc) is 3.22. The summed E-state index contributed by atoms with van der Waals surface area (Å²) in [6.45, 7) is 1.33. The second kappa shape index (κ2) is 12.7. The van der Waals surface area contributed by atoms with Crippen molar-refractivity contribution in [1.82, 2.24) is 15.5 Å². The number of hydrogen-bond donors (Lipinski definition) is 7. The fraction of sp³-hybridized carbons (Fsp3) is 0.684. The van der Waals surface area contributed by atoms with Crippen molar-refractivity contribution in [3.05, 3.63) is 0 Å². The van der Waals surface area contributed by atoms with Gasteiger partial charge in [0.25, 0.3) is 0 Å². The van der Waals surface area contributed by atoms with E-state index in [0.29, 0.717) is 6.42 Å². The molecule has 1 rings (SSSR count). The highest BCUT2D eigenvalue weighted by atomic mass is 16.4. The normalized spacial score (nSPS) is 19.1. The van der Waals surface area contributed by atoms with Gasteiger partial charge in [-0.15, -0.1) is 0 Å². The Hall–Kier alpha value is -3.26. The van der Waals surface area contributed by atoms with E-state index in [1.165, 1.54) is 6.92 Å². The van der Waals surface area contributed by atoms with Crippen LogP contribution in [-0.4, -0.2) is 92.6 Å². The maximum Gasteiger partial charge on any atom is 0.326 e. The first kappa shape index (κ1) is 27.8. The fourth-order valence-electron chi connectivity index (χ4n) is 3.37. The lowest BCUT2D eigenvalue weighted by Crippen LogP contribution is -2.59. The molecule has 33 heavy (non-hydrogen) atoms. The second-order valence-electron chi connectivity index (χ2n) is 7.86. The molecular weight excluding hydrogens is 442 g/mol. The Morgan fingerprint density at radius 3 is 2.18 bits per heavy atom. The van der Waals surface area contributed by atoms with Crippen LogP contribution in [0, 0.1) is 0 Å². The zero-order chi connectivity index (χ0) is 25.3.